The molecule has 0 spiro atoms. The minimum atomic E-state index is 0.280. The van der Waals surface area contributed by atoms with E-state index in [1.807, 2.05) is 0 Å². The monoisotopic (exact) mass is 303 g/mol. The Kier molecular flexibility index (Phi) is 3.64. The summed E-state index contributed by atoms with van der Waals surface area (Å²) in [5.74, 6) is 3.13. The third kappa shape index (κ3) is 2.64. The van der Waals surface area contributed by atoms with Crippen LogP contribution in [-0.2, 0) is 17.9 Å². The first-order chi connectivity index (χ1) is 10.7. The second-order valence-corrected chi connectivity index (χ2v) is 7.04. The number of piperidine rings is 1. The fraction of sp³-hybridized carbons (Fsp3) is 0.812. The molecule has 1 saturated carbocycles. The highest BCUT2D eigenvalue weighted by Crippen LogP contribution is 2.39. The summed E-state index contributed by atoms with van der Waals surface area (Å²) in [6.07, 6.45) is 6.06. The zero-order valence-electron chi connectivity index (χ0n) is 13.4. The van der Waals surface area contributed by atoms with Gasteiger partial charge in [0.15, 0.2) is 0 Å². The zero-order valence-corrected chi connectivity index (χ0v) is 13.4. The number of likely N-dealkylation sites (tertiary alicyclic amines) is 1. The Bertz CT molecular complexity index is 565. The third-order valence-corrected chi connectivity index (χ3v) is 5.29. The first-order valence-corrected chi connectivity index (χ1v) is 8.66. The molecule has 2 fully saturated rings. The predicted octanol–water partition coefficient (Wildman–Crippen LogP) is 1.37. The molecule has 1 aromatic rings. The SMILES string of the molecule is C[C@@H]1CCCCN1C(=O)CN1CCn2c(nnc2C2CC2)C1. The van der Waals surface area contributed by atoms with Gasteiger partial charge in [0, 0.05) is 31.6 Å². The van der Waals surface area contributed by atoms with E-state index in [0.717, 1.165) is 44.8 Å². The van der Waals surface area contributed by atoms with Gasteiger partial charge in [-0.25, -0.2) is 0 Å². The molecule has 4 rings (SSSR count). The van der Waals surface area contributed by atoms with E-state index in [-0.39, 0.29) is 5.91 Å². The minimum absolute atomic E-state index is 0.280. The normalized spacial score (nSPS) is 26.0. The lowest BCUT2D eigenvalue weighted by molar-refractivity contribution is -0.136. The number of hydrogen-bond donors (Lipinski definition) is 0. The van der Waals surface area contributed by atoms with Crippen LogP contribution in [0, 0.1) is 0 Å². The van der Waals surface area contributed by atoms with Crippen LogP contribution < -0.4 is 0 Å². The minimum Gasteiger partial charge on any atom is -0.339 e. The van der Waals surface area contributed by atoms with Gasteiger partial charge in [0.05, 0.1) is 13.1 Å². The van der Waals surface area contributed by atoms with Gasteiger partial charge < -0.3 is 9.47 Å². The molecule has 3 heterocycles. The van der Waals surface area contributed by atoms with Crippen LogP contribution in [0.5, 0.6) is 0 Å². The molecule has 1 aromatic heterocycles. The summed E-state index contributed by atoms with van der Waals surface area (Å²) in [6, 6.07) is 0.399. The Morgan fingerprint density at radius 3 is 2.77 bits per heavy atom. The van der Waals surface area contributed by atoms with E-state index in [4.69, 9.17) is 0 Å². The lowest BCUT2D eigenvalue weighted by atomic mass is 10.0. The lowest BCUT2D eigenvalue weighted by Gasteiger charge is -2.36. The lowest BCUT2D eigenvalue weighted by Crippen LogP contribution is -2.48. The Morgan fingerprint density at radius 1 is 1.14 bits per heavy atom. The summed E-state index contributed by atoms with van der Waals surface area (Å²) in [4.78, 5) is 16.8. The Morgan fingerprint density at radius 2 is 2.00 bits per heavy atom. The highest BCUT2D eigenvalue weighted by molar-refractivity contribution is 5.78. The van der Waals surface area contributed by atoms with E-state index in [2.05, 4.69) is 31.5 Å². The van der Waals surface area contributed by atoms with Gasteiger partial charge in [0.2, 0.25) is 5.91 Å². The molecule has 1 amide bonds. The maximum Gasteiger partial charge on any atom is 0.237 e. The second kappa shape index (κ2) is 5.65. The van der Waals surface area contributed by atoms with Crippen molar-refractivity contribution in [2.75, 3.05) is 19.6 Å². The molecule has 3 aliphatic rings. The Balaban J connectivity index is 1.39. The summed E-state index contributed by atoms with van der Waals surface area (Å²) in [5, 5.41) is 8.72. The van der Waals surface area contributed by atoms with Crippen LogP contribution in [-0.4, -0.2) is 56.1 Å². The molecule has 1 aliphatic carbocycles. The van der Waals surface area contributed by atoms with Crippen LogP contribution >= 0.6 is 0 Å². The summed E-state index contributed by atoms with van der Waals surface area (Å²) in [6.45, 7) is 6.24. The van der Waals surface area contributed by atoms with E-state index in [1.165, 1.54) is 25.1 Å². The standard InChI is InChI=1S/C16H25N5O/c1-12-4-2-3-7-20(12)15(22)11-19-8-9-21-14(10-19)17-18-16(21)13-5-6-13/h12-13H,2-11H2,1H3/t12-/m1/s1. The van der Waals surface area contributed by atoms with Gasteiger partial charge in [0.25, 0.3) is 0 Å². The second-order valence-electron chi connectivity index (χ2n) is 7.04. The van der Waals surface area contributed by atoms with Gasteiger partial charge in [-0.2, -0.15) is 0 Å². The molecule has 0 bridgehead atoms. The molecule has 0 unspecified atom stereocenters. The van der Waals surface area contributed by atoms with Crippen LogP contribution in [0.3, 0.4) is 0 Å². The van der Waals surface area contributed by atoms with E-state index < -0.39 is 0 Å². The molecule has 0 aromatic carbocycles. The Labute approximate surface area is 131 Å². The number of nitrogens with zero attached hydrogens (tertiary/aromatic N) is 5. The van der Waals surface area contributed by atoms with E-state index in [0.29, 0.717) is 18.5 Å². The summed E-state index contributed by atoms with van der Waals surface area (Å²) in [7, 11) is 0. The number of hydrogen-bond acceptors (Lipinski definition) is 4. The summed E-state index contributed by atoms with van der Waals surface area (Å²) < 4.78 is 2.28. The molecule has 1 atom stereocenters. The van der Waals surface area contributed by atoms with Crippen molar-refractivity contribution in [2.45, 2.75) is 64.1 Å². The van der Waals surface area contributed by atoms with Gasteiger partial charge in [-0.05, 0) is 39.0 Å². The van der Waals surface area contributed by atoms with Crippen molar-refractivity contribution >= 4 is 5.91 Å². The van der Waals surface area contributed by atoms with Crippen molar-refractivity contribution in [3.8, 4) is 0 Å². The molecule has 2 aliphatic heterocycles. The Hall–Kier alpha value is -1.43. The molecule has 0 N–H and O–H groups in total. The van der Waals surface area contributed by atoms with Crippen molar-refractivity contribution < 1.29 is 4.79 Å². The molecule has 6 heteroatoms. The maximum absolute atomic E-state index is 12.6. The average Bonchev–Trinajstić information content (AvgIpc) is 3.27. The van der Waals surface area contributed by atoms with Gasteiger partial charge in [-0.15, -0.1) is 10.2 Å². The molecule has 22 heavy (non-hydrogen) atoms. The number of rotatable bonds is 3. The first kappa shape index (κ1) is 14.2. The van der Waals surface area contributed by atoms with Gasteiger partial charge >= 0.3 is 0 Å². The van der Waals surface area contributed by atoms with Crippen molar-refractivity contribution in [1.29, 1.82) is 0 Å². The fourth-order valence-corrected chi connectivity index (χ4v) is 3.76. The highest BCUT2D eigenvalue weighted by atomic mass is 16.2. The van der Waals surface area contributed by atoms with Crippen LogP contribution in [0.4, 0.5) is 0 Å². The summed E-state index contributed by atoms with van der Waals surface area (Å²) in [5.41, 5.74) is 0. The topological polar surface area (TPSA) is 54.3 Å². The first-order valence-electron chi connectivity index (χ1n) is 8.66. The van der Waals surface area contributed by atoms with Crippen molar-refractivity contribution in [1.82, 2.24) is 24.6 Å². The van der Waals surface area contributed by atoms with E-state index in [1.54, 1.807) is 0 Å². The van der Waals surface area contributed by atoms with Gasteiger partial charge in [-0.1, -0.05) is 0 Å². The third-order valence-electron chi connectivity index (χ3n) is 5.29. The van der Waals surface area contributed by atoms with Crippen LogP contribution in [0.25, 0.3) is 0 Å². The zero-order chi connectivity index (χ0) is 15.1. The van der Waals surface area contributed by atoms with Crippen molar-refractivity contribution in [3.05, 3.63) is 11.6 Å². The number of carbonyl (C=O) groups is 1. The number of aromatic nitrogens is 3. The maximum atomic E-state index is 12.6. The molecular formula is C16H25N5O. The van der Waals surface area contributed by atoms with Crippen LogP contribution in [0.2, 0.25) is 0 Å². The van der Waals surface area contributed by atoms with Crippen molar-refractivity contribution in [2.24, 2.45) is 0 Å². The number of amides is 1. The molecule has 6 nitrogen and oxygen atoms in total. The van der Waals surface area contributed by atoms with Crippen molar-refractivity contribution in [3.63, 3.8) is 0 Å². The predicted molar refractivity (Wildman–Crippen MR) is 82.3 cm³/mol. The largest absolute Gasteiger partial charge is 0.339 e. The summed E-state index contributed by atoms with van der Waals surface area (Å²) >= 11 is 0. The average molecular weight is 303 g/mol. The van der Waals surface area contributed by atoms with Gasteiger partial charge in [0.1, 0.15) is 11.6 Å². The number of carbonyl (C=O) groups excluding carboxylic acids is 1. The van der Waals surface area contributed by atoms with E-state index in [9.17, 15) is 4.79 Å². The van der Waals surface area contributed by atoms with Crippen LogP contribution in [0.1, 0.15) is 56.6 Å². The molecule has 120 valence electrons. The molecule has 0 radical (unpaired) electrons. The quantitative estimate of drug-likeness (QED) is 0.846. The van der Waals surface area contributed by atoms with E-state index >= 15 is 0 Å². The van der Waals surface area contributed by atoms with Crippen LogP contribution in [0.15, 0.2) is 0 Å². The highest BCUT2D eigenvalue weighted by Gasteiger charge is 2.33. The number of fused-ring (bicyclic) bond motifs is 1. The molecular weight excluding hydrogens is 278 g/mol. The fourth-order valence-electron chi connectivity index (χ4n) is 3.76. The van der Waals surface area contributed by atoms with Gasteiger partial charge in [-0.3, -0.25) is 9.69 Å². The smallest absolute Gasteiger partial charge is 0.237 e. The molecule has 1 saturated heterocycles.